The fraction of sp³-hybridized carbons (Fsp3) is 0.167. The molecule has 0 saturated heterocycles. The summed E-state index contributed by atoms with van der Waals surface area (Å²) in [4.78, 5) is 53.8. The zero-order valence-electron chi connectivity index (χ0n) is 18.3. The summed E-state index contributed by atoms with van der Waals surface area (Å²) < 4.78 is 20.0. The smallest absolute Gasteiger partial charge is 0.349 e. The van der Waals surface area contributed by atoms with Crippen LogP contribution in [-0.2, 0) is 28.7 Å². The molecular weight excluding hydrogens is 458 g/mol. The van der Waals surface area contributed by atoms with Gasteiger partial charge in [-0.3, -0.25) is 9.59 Å². The summed E-state index contributed by atoms with van der Waals surface area (Å²) in [6.07, 6.45) is 2.46. The molecule has 35 heavy (non-hydrogen) atoms. The fourth-order valence-corrected chi connectivity index (χ4v) is 3.26. The number of fused-ring (bicyclic) bond motifs is 2. The van der Waals surface area contributed by atoms with Crippen LogP contribution >= 0.6 is 0 Å². The highest BCUT2D eigenvalue weighted by atomic mass is 16.6. The number of esters is 4. The van der Waals surface area contributed by atoms with Gasteiger partial charge in [-0.15, -0.1) is 0 Å². The number of nitrogens with two attached hydrogens (primary N) is 1. The first-order chi connectivity index (χ1) is 16.9. The predicted octanol–water partition coefficient (Wildman–Crippen LogP) is 1.96. The molecule has 0 bridgehead atoms. The number of carbonyl (C=O) groups excluding carboxylic acids is 4. The van der Waals surface area contributed by atoms with E-state index in [0.29, 0.717) is 16.5 Å². The van der Waals surface area contributed by atoms with Crippen molar-refractivity contribution in [3.05, 3.63) is 60.9 Å². The van der Waals surface area contributed by atoms with Crippen molar-refractivity contribution in [2.75, 3.05) is 13.2 Å². The molecule has 0 radical (unpaired) electrons. The molecule has 2 heterocycles. The zero-order chi connectivity index (χ0) is 24.8. The van der Waals surface area contributed by atoms with Crippen molar-refractivity contribution in [3.63, 3.8) is 0 Å². The number of benzene rings is 2. The normalized spacial score (nSPS) is 11.7. The third kappa shape index (κ3) is 5.84. The molecule has 4 N–H and O–H groups in total. The summed E-state index contributed by atoms with van der Waals surface area (Å²) in [7, 11) is 0. The maximum absolute atomic E-state index is 12.0. The SMILES string of the molecule is N[C@@H](CC(=O)OCC(=O)Oc1c[nH]c2ccccc12)C(=O)OCC(=O)Oc1c[nH]c2ccccc12. The molecule has 0 saturated carbocycles. The Morgan fingerprint density at radius 1 is 0.714 bits per heavy atom. The molecule has 1 atom stereocenters. The van der Waals surface area contributed by atoms with Crippen LogP contribution in [0.4, 0.5) is 0 Å². The van der Waals surface area contributed by atoms with Crippen LogP contribution in [0.1, 0.15) is 6.42 Å². The molecule has 180 valence electrons. The molecular formula is C24H21N3O8. The van der Waals surface area contributed by atoms with Gasteiger partial charge in [-0.05, 0) is 24.3 Å². The maximum Gasteiger partial charge on any atom is 0.349 e. The van der Waals surface area contributed by atoms with Crippen molar-refractivity contribution < 1.29 is 38.1 Å². The van der Waals surface area contributed by atoms with Crippen molar-refractivity contribution in [3.8, 4) is 11.5 Å². The molecule has 0 unspecified atom stereocenters. The van der Waals surface area contributed by atoms with Crippen molar-refractivity contribution in [1.82, 2.24) is 9.97 Å². The second-order valence-electron chi connectivity index (χ2n) is 7.42. The van der Waals surface area contributed by atoms with Crippen LogP contribution in [0.5, 0.6) is 11.5 Å². The van der Waals surface area contributed by atoms with Gasteiger partial charge in [0.1, 0.15) is 6.04 Å². The van der Waals surface area contributed by atoms with Crippen molar-refractivity contribution in [2.45, 2.75) is 12.5 Å². The van der Waals surface area contributed by atoms with E-state index in [9.17, 15) is 19.2 Å². The Morgan fingerprint density at radius 2 is 1.20 bits per heavy atom. The lowest BCUT2D eigenvalue weighted by Crippen LogP contribution is -2.36. The molecule has 0 aliphatic carbocycles. The summed E-state index contributed by atoms with van der Waals surface area (Å²) in [5.41, 5.74) is 7.20. The van der Waals surface area contributed by atoms with Gasteiger partial charge in [-0.2, -0.15) is 0 Å². The topological polar surface area (TPSA) is 163 Å². The Hall–Kier alpha value is -4.64. The van der Waals surface area contributed by atoms with Crippen molar-refractivity contribution in [1.29, 1.82) is 0 Å². The third-order valence-electron chi connectivity index (χ3n) is 4.92. The molecule has 2 aromatic heterocycles. The number of ether oxygens (including phenoxy) is 4. The average molecular weight is 479 g/mol. The Bertz CT molecular complexity index is 1390. The van der Waals surface area contributed by atoms with Gasteiger partial charge < -0.3 is 34.6 Å². The standard InChI is InChI=1S/C24H21N3O8/c25-16(24(31)33-13-23(30)35-20-11-27-18-8-4-2-6-15(18)20)9-21(28)32-12-22(29)34-19-10-26-17-7-3-1-5-14(17)19/h1-8,10-11,16,26-27H,9,12-13,25H2/t16-/m0/s1. The number of H-pyrrole nitrogens is 2. The summed E-state index contributed by atoms with van der Waals surface area (Å²) in [6.45, 7) is -1.37. The van der Waals surface area contributed by atoms with Crippen molar-refractivity contribution in [2.24, 2.45) is 5.73 Å². The fourth-order valence-electron chi connectivity index (χ4n) is 3.26. The molecule has 0 spiro atoms. The van der Waals surface area contributed by atoms with E-state index in [1.54, 1.807) is 24.3 Å². The van der Waals surface area contributed by atoms with Gasteiger partial charge in [-0.25, -0.2) is 9.59 Å². The molecule has 0 amide bonds. The van der Waals surface area contributed by atoms with Crippen molar-refractivity contribution >= 4 is 45.7 Å². The molecule has 2 aromatic carbocycles. The van der Waals surface area contributed by atoms with E-state index in [0.717, 1.165) is 11.0 Å². The van der Waals surface area contributed by atoms with Crippen LogP contribution < -0.4 is 15.2 Å². The minimum absolute atomic E-state index is 0.286. The average Bonchev–Trinajstić information content (AvgIpc) is 3.45. The number of aromatic amines is 2. The van der Waals surface area contributed by atoms with Crippen LogP contribution in [0, 0.1) is 0 Å². The van der Waals surface area contributed by atoms with Gasteiger partial charge >= 0.3 is 23.9 Å². The molecule has 11 heteroatoms. The molecule has 4 aromatic rings. The Kier molecular flexibility index (Phi) is 7.07. The minimum Gasteiger partial charge on any atom is -0.454 e. The van der Waals surface area contributed by atoms with Gasteiger partial charge in [0.05, 0.1) is 6.42 Å². The minimum atomic E-state index is -1.40. The van der Waals surface area contributed by atoms with Gasteiger partial charge in [0.15, 0.2) is 24.7 Å². The molecule has 0 aliphatic rings. The highest BCUT2D eigenvalue weighted by molar-refractivity contribution is 5.91. The Morgan fingerprint density at radius 3 is 1.74 bits per heavy atom. The number of carbonyl (C=O) groups is 4. The highest BCUT2D eigenvalue weighted by Crippen LogP contribution is 2.25. The zero-order valence-corrected chi connectivity index (χ0v) is 18.3. The summed E-state index contributed by atoms with van der Waals surface area (Å²) in [6, 6.07) is 13.0. The number of aromatic nitrogens is 2. The van der Waals surface area contributed by atoms with E-state index < -0.39 is 49.6 Å². The lowest BCUT2D eigenvalue weighted by molar-refractivity contribution is -0.158. The van der Waals surface area contributed by atoms with E-state index in [-0.39, 0.29) is 5.75 Å². The third-order valence-corrected chi connectivity index (χ3v) is 4.92. The monoisotopic (exact) mass is 479 g/mol. The summed E-state index contributed by atoms with van der Waals surface area (Å²) in [5, 5.41) is 1.38. The summed E-state index contributed by atoms with van der Waals surface area (Å²) in [5.74, 6) is -2.96. The van der Waals surface area contributed by atoms with Gasteiger partial charge in [0.2, 0.25) is 0 Å². The maximum atomic E-state index is 12.0. The predicted molar refractivity (Wildman–Crippen MR) is 122 cm³/mol. The number of rotatable bonds is 9. The van der Waals surface area contributed by atoms with Crippen LogP contribution in [0.25, 0.3) is 21.8 Å². The van der Waals surface area contributed by atoms with E-state index >= 15 is 0 Å². The Labute approximate surface area is 198 Å². The van der Waals surface area contributed by atoms with Gasteiger partial charge in [-0.1, -0.05) is 24.3 Å². The van der Waals surface area contributed by atoms with E-state index in [2.05, 4.69) is 9.97 Å². The van der Waals surface area contributed by atoms with Crippen LogP contribution in [0.15, 0.2) is 60.9 Å². The molecule has 4 rings (SSSR count). The first kappa shape index (κ1) is 23.5. The number of hydrogen-bond acceptors (Lipinski definition) is 9. The number of hydrogen-bond donors (Lipinski definition) is 3. The van der Waals surface area contributed by atoms with Gasteiger partial charge in [0.25, 0.3) is 0 Å². The summed E-state index contributed by atoms with van der Waals surface area (Å²) >= 11 is 0. The largest absolute Gasteiger partial charge is 0.454 e. The lowest BCUT2D eigenvalue weighted by atomic mass is 10.2. The molecule has 11 nitrogen and oxygen atoms in total. The van der Waals surface area contributed by atoms with Crippen LogP contribution in [-0.4, -0.2) is 53.1 Å². The second kappa shape index (κ2) is 10.5. The molecule has 0 fully saturated rings. The van der Waals surface area contributed by atoms with E-state index in [4.69, 9.17) is 24.7 Å². The van der Waals surface area contributed by atoms with Crippen LogP contribution in [0.2, 0.25) is 0 Å². The molecule has 0 aliphatic heterocycles. The van der Waals surface area contributed by atoms with Crippen LogP contribution in [0.3, 0.4) is 0 Å². The first-order valence-electron chi connectivity index (χ1n) is 10.5. The van der Waals surface area contributed by atoms with E-state index in [1.165, 1.54) is 12.4 Å². The lowest BCUT2D eigenvalue weighted by Gasteiger charge is -2.11. The second-order valence-corrected chi connectivity index (χ2v) is 7.42. The first-order valence-corrected chi connectivity index (χ1v) is 10.5. The van der Waals surface area contributed by atoms with E-state index in [1.807, 2.05) is 24.3 Å². The number of nitrogens with one attached hydrogen (secondary N) is 2. The number of para-hydroxylation sites is 2. The van der Waals surface area contributed by atoms with Gasteiger partial charge in [0, 0.05) is 34.2 Å². The quantitative estimate of drug-likeness (QED) is 0.305. The Balaban J connectivity index is 1.17. The highest BCUT2D eigenvalue weighted by Gasteiger charge is 2.22.